The van der Waals surface area contributed by atoms with Crippen LogP contribution in [0.15, 0.2) is 18.2 Å². The van der Waals surface area contributed by atoms with Gasteiger partial charge in [0.15, 0.2) is 18.1 Å². The normalized spacial score (nSPS) is 21.4. The van der Waals surface area contributed by atoms with E-state index in [1.165, 1.54) is 0 Å². The highest BCUT2D eigenvalue weighted by atomic mass is 32.2. The van der Waals surface area contributed by atoms with Gasteiger partial charge in [-0.1, -0.05) is 12.1 Å². The number of piperidine rings is 1. The lowest BCUT2D eigenvalue weighted by Gasteiger charge is -2.35. The van der Waals surface area contributed by atoms with Gasteiger partial charge in [0.05, 0.1) is 6.26 Å². The second-order valence-electron chi connectivity index (χ2n) is 7.93. The predicted molar refractivity (Wildman–Crippen MR) is 103 cm³/mol. The number of ether oxygens (including phenoxy) is 2. The highest BCUT2D eigenvalue weighted by Crippen LogP contribution is 2.41. The predicted octanol–water partition coefficient (Wildman–Crippen LogP) is 1.71. The van der Waals surface area contributed by atoms with Gasteiger partial charge < -0.3 is 14.4 Å². The maximum absolute atomic E-state index is 12.7. The second kappa shape index (κ2) is 7.67. The molecule has 0 bridgehead atoms. The zero-order valence-electron chi connectivity index (χ0n) is 16.2. The molecule has 7 nitrogen and oxygen atoms in total. The lowest BCUT2D eigenvalue weighted by molar-refractivity contribution is -0.136. The van der Waals surface area contributed by atoms with Crippen LogP contribution in [-0.2, 0) is 21.2 Å². The summed E-state index contributed by atoms with van der Waals surface area (Å²) in [6, 6.07) is 5.59. The summed E-state index contributed by atoms with van der Waals surface area (Å²) in [6.07, 6.45) is 4.61. The van der Waals surface area contributed by atoms with Gasteiger partial charge in [-0.05, 0) is 39.2 Å². The number of rotatable bonds is 6. The largest absolute Gasteiger partial charge is 0.483 e. The van der Waals surface area contributed by atoms with Gasteiger partial charge in [0.2, 0.25) is 10.0 Å². The summed E-state index contributed by atoms with van der Waals surface area (Å²) in [5, 5.41) is 0. The Hall–Kier alpha value is -1.80. The van der Waals surface area contributed by atoms with Crippen molar-refractivity contribution in [2.75, 3.05) is 26.0 Å². The molecule has 1 amide bonds. The second-order valence-corrected chi connectivity index (χ2v) is 9.76. The van der Waals surface area contributed by atoms with Crippen LogP contribution in [0, 0.1) is 0 Å². The molecule has 8 heteroatoms. The molecule has 0 aromatic heterocycles. The van der Waals surface area contributed by atoms with Crippen molar-refractivity contribution in [1.82, 2.24) is 9.62 Å². The van der Waals surface area contributed by atoms with Gasteiger partial charge in [0, 0.05) is 31.1 Å². The number of hydrogen-bond acceptors (Lipinski definition) is 5. The molecule has 2 aliphatic rings. The van der Waals surface area contributed by atoms with Crippen molar-refractivity contribution in [2.45, 2.75) is 51.2 Å². The quantitative estimate of drug-likeness (QED) is 0.791. The molecule has 1 N–H and O–H groups in total. The minimum Gasteiger partial charge on any atom is -0.483 e. The zero-order chi connectivity index (χ0) is 19.7. The summed E-state index contributed by atoms with van der Waals surface area (Å²) < 4.78 is 37.0. The van der Waals surface area contributed by atoms with E-state index in [1.807, 2.05) is 32.0 Å². The van der Waals surface area contributed by atoms with Gasteiger partial charge in [-0.2, -0.15) is 0 Å². The monoisotopic (exact) mass is 396 g/mol. The Kier molecular flexibility index (Phi) is 5.67. The molecule has 1 unspecified atom stereocenters. The average molecular weight is 397 g/mol. The van der Waals surface area contributed by atoms with Crippen LogP contribution in [0.3, 0.4) is 0 Å². The Balaban J connectivity index is 1.63. The van der Waals surface area contributed by atoms with Gasteiger partial charge in [-0.3, -0.25) is 4.79 Å². The molecule has 1 saturated heterocycles. The van der Waals surface area contributed by atoms with Crippen molar-refractivity contribution in [3.63, 3.8) is 0 Å². The molecule has 0 radical (unpaired) electrons. The fourth-order valence-electron chi connectivity index (χ4n) is 3.71. The first-order chi connectivity index (χ1) is 12.6. The van der Waals surface area contributed by atoms with Crippen LogP contribution in [0.1, 0.15) is 38.7 Å². The van der Waals surface area contributed by atoms with Crippen LogP contribution in [0.4, 0.5) is 0 Å². The Morgan fingerprint density at radius 3 is 2.89 bits per heavy atom. The van der Waals surface area contributed by atoms with Crippen LogP contribution in [0.25, 0.3) is 0 Å². The number of amides is 1. The first-order valence-corrected chi connectivity index (χ1v) is 11.2. The number of carbonyl (C=O) groups excluding carboxylic acids is 1. The average Bonchev–Trinajstić information content (AvgIpc) is 2.92. The SMILES string of the molecule is CC1(C)Cc2cccc(OCC(=O)N3CCCCC3CNS(C)(=O)=O)c2O1. The summed E-state index contributed by atoms with van der Waals surface area (Å²) in [6.45, 7) is 4.82. The lowest BCUT2D eigenvalue weighted by atomic mass is 10.0. The summed E-state index contributed by atoms with van der Waals surface area (Å²) in [5.74, 6) is 1.16. The van der Waals surface area contributed by atoms with E-state index < -0.39 is 10.0 Å². The minimum absolute atomic E-state index is 0.0877. The molecule has 0 saturated carbocycles. The van der Waals surface area contributed by atoms with E-state index in [2.05, 4.69) is 4.72 Å². The molecule has 1 aromatic rings. The molecule has 3 rings (SSSR count). The summed E-state index contributed by atoms with van der Waals surface area (Å²) in [5.41, 5.74) is 0.805. The van der Waals surface area contributed by atoms with Crippen LogP contribution < -0.4 is 14.2 Å². The molecule has 0 spiro atoms. The van der Waals surface area contributed by atoms with Crippen LogP contribution in [-0.4, -0.2) is 56.8 Å². The smallest absolute Gasteiger partial charge is 0.260 e. The van der Waals surface area contributed by atoms with Crippen molar-refractivity contribution in [3.05, 3.63) is 23.8 Å². The van der Waals surface area contributed by atoms with Crippen molar-refractivity contribution < 1.29 is 22.7 Å². The molecule has 27 heavy (non-hydrogen) atoms. The first kappa shape index (κ1) is 19.9. The number of fused-ring (bicyclic) bond motifs is 1. The number of sulfonamides is 1. The maximum Gasteiger partial charge on any atom is 0.260 e. The highest BCUT2D eigenvalue weighted by Gasteiger charge is 2.33. The number of nitrogens with zero attached hydrogens (tertiary/aromatic N) is 1. The van der Waals surface area contributed by atoms with Crippen molar-refractivity contribution >= 4 is 15.9 Å². The molecule has 1 fully saturated rings. The topological polar surface area (TPSA) is 84.9 Å². The van der Waals surface area contributed by atoms with E-state index >= 15 is 0 Å². The summed E-state index contributed by atoms with van der Waals surface area (Å²) in [4.78, 5) is 14.4. The standard InChI is InChI=1S/C19H28N2O5S/c1-19(2)11-14-7-6-9-16(18(14)26-19)25-13-17(22)21-10-5-4-8-15(21)12-20-27(3,23)24/h6-7,9,15,20H,4-5,8,10-13H2,1-3H3. The van der Waals surface area contributed by atoms with E-state index in [4.69, 9.17) is 9.47 Å². The van der Waals surface area contributed by atoms with E-state index in [-0.39, 0.29) is 30.7 Å². The van der Waals surface area contributed by atoms with Crippen LogP contribution >= 0.6 is 0 Å². The molecule has 2 aliphatic heterocycles. The fourth-order valence-corrected chi connectivity index (χ4v) is 4.21. The highest BCUT2D eigenvalue weighted by molar-refractivity contribution is 7.88. The van der Waals surface area contributed by atoms with E-state index in [9.17, 15) is 13.2 Å². The van der Waals surface area contributed by atoms with Crippen molar-refractivity contribution in [2.24, 2.45) is 0 Å². The third-order valence-corrected chi connectivity index (χ3v) is 5.63. The van der Waals surface area contributed by atoms with Crippen LogP contribution in [0.5, 0.6) is 11.5 Å². The zero-order valence-corrected chi connectivity index (χ0v) is 17.0. The molecule has 0 aliphatic carbocycles. The number of carbonyl (C=O) groups is 1. The first-order valence-electron chi connectivity index (χ1n) is 9.32. The number of benzene rings is 1. The van der Waals surface area contributed by atoms with Gasteiger partial charge in [0.1, 0.15) is 5.60 Å². The number of hydrogen-bond donors (Lipinski definition) is 1. The van der Waals surface area contributed by atoms with E-state index in [1.54, 1.807) is 4.90 Å². The third-order valence-electron chi connectivity index (χ3n) is 4.93. The maximum atomic E-state index is 12.7. The Morgan fingerprint density at radius 1 is 1.37 bits per heavy atom. The Labute approximate surface area is 161 Å². The summed E-state index contributed by atoms with van der Waals surface area (Å²) in [7, 11) is -3.28. The molecule has 1 atom stereocenters. The van der Waals surface area contributed by atoms with Gasteiger partial charge in [0.25, 0.3) is 5.91 Å². The van der Waals surface area contributed by atoms with Gasteiger partial charge in [-0.25, -0.2) is 13.1 Å². The van der Waals surface area contributed by atoms with Crippen molar-refractivity contribution in [1.29, 1.82) is 0 Å². The molecule has 2 heterocycles. The molecular formula is C19H28N2O5S. The number of para-hydroxylation sites is 1. The van der Waals surface area contributed by atoms with Gasteiger partial charge >= 0.3 is 0 Å². The van der Waals surface area contributed by atoms with Gasteiger partial charge in [-0.15, -0.1) is 0 Å². The molecule has 1 aromatic carbocycles. The van der Waals surface area contributed by atoms with E-state index in [0.29, 0.717) is 18.0 Å². The number of nitrogens with one attached hydrogen (secondary N) is 1. The lowest BCUT2D eigenvalue weighted by Crippen LogP contribution is -2.50. The molecule has 150 valence electrons. The van der Waals surface area contributed by atoms with Crippen molar-refractivity contribution in [3.8, 4) is 11.5 Å². The Bertz CT molecular complexity index is 806. The minimum atomic E-state index is -3.28. The molecular weight excluding hydrogens is 368 g/mol. The van der Waals surface area contributed by atoms with Crippen LogP contribution in [0.2, 0.25) is 0 Å². The summed E-state index contributed by atoms with van der Waals surface area (Å²) >= 11 is 0. The van der Waals surface area contributed by atoms with E-state index in [0.717, 1.165) is 37.5 Å². The fraction of sp³-hybridized carbons (Fsp3) is 0.632. The Morgan fingerprint density at radius 2 is 2.15 bits per heavy atom. The number of likely N-dealkylation sites (tertiary alicyclic amines) is 1. The third kappa shape index (κ3) is 5.13.